The molecular weight excluding hydrogens is 652 g/mol. The van der Waals surface area contributed by atoms with Gasteiger partial charge in [-0.25, -0.2) is 9.59 Å². The topological polar surface area (TPSA) is 146 Å². The Morgan fingerprint density at radius 1 is 0.627 bits per heavy atom. The zero-order valence-corrected chi connectivity index (χ0v) is 30.1. The summed E-state index contributed by atoms with van der Waals surface area (Å²) in [7, 11) is 0. The highest BCUT2D eigenvalue weighted by Crippen LogP contribution is 2.31. The van der Waals surface area contributed by atoms with Gasteiger partial charge in [0, 0.05) is 0 Å². The van der Waals surface area contributed by atoms with Crippen LogP contribution in [0.1, 0.15) is 93.6 Å². The number of hydrogen-bond donors (Lipinski definition) is 2. The molecule has 3 aliphatic heterocycles. The molecule has 0 spiro atoms. The molecule has 51 heavy (non-hydrogen) atoms. The number of aryl methyl sites for hydroxylation is 4. The van der Waals surface area contributed by atoms with E-state index in [1.807, 2.05) is 78.0 Å². The van der Waals surface area contributed by atoms with Crippen LogP contribution in [0.25, 0.3) is 12.2 Å². The van der Waals surface area contributed by atoms with Crippen molar-refractivity contribution in [3.05, 3.63) is 105 Å². The quantitative estimate of drug-likeness (QED) is 0.313. The highest BCUT2D eigenvalue weighted by atomic mass is 16.8. The fraction of sp³-hybridized carbons (Fsp3) is 0.415. The monoisotopic (exact) mass is 700 g/mol. The van der Waals surface area contributed by atoms with Crippen LogP contribution >= 0.6 is 0 Å². The molecule has 0 aromatic heterocycles. The molecule has 10 nitrogen and oxygen atoms in total. The zero-order valence-electron chi connectivity index (χ0n) is 30.1. The number of cyclic esters (lactones) is 2. The first-order chi connectivity index (χ1) is 24.2. The van der Waals surface area contributed by atoms with Gasteiger partial charge in [0.05, 0.1) is 36.5 Å². The van der Waals surface area contributed by atoms with Crippen molar-refractivity contribution in [2.75, 3.05) is 13.2 Å². The van der Waals surface area contributed by atoms with Gasteiger partial charge in [-0.1, -0.05) is 71.8 Å². The Hall–Kier alpha value is -4.48. The van der Waals surface area contributed by atoms with Crippen LogP contribution in [0, 0.1) is 27.7 Å². The summed E-state index contributed by atoms with van der Waals surface area (Å²) in [4.78, 5) is 49.1. The summed E-state index contributed by atoms with van der Waals surface area (Å²) in [5.41, 5.74) is 6.35. The van der Waals surface area contributed by atoms with Crippen molar-refractivity contribution >= 4 is 35.7 Å². The van der Waals surface area contributed by atoms with E-state index in [1.54, 1.807) is 18.2 Å². The van der Waals surface area contributed by atoms with Gasteiger partial charge in [-0.3, -0.25) is 9.59 Å². The number of aliphatic hydroxyl groups is 2. The van der Waals surface area contributed by atoms with Crippen molar-refractivity contribution in [1.82, 2.24) is 0 Å². The number of fused-ring (bicyclic) bond motifs is 3. The van der Waals surface area contributed by atoms with Gasteiger partial charge in [0.25, 0.3) is 0 Å². The van der Waals surface area contributed by atoms with Crippen molar-refractivity contribution in [1.29, 1.82) is 0 Å². The average Bonchev–Trinajstić information content (AvgIpc) is 3.36. The second-order valence-corrected chi connectivity index (χ2v) is 13.4. The number of carbonyl (C=O) groups is 4. The number of ketones is 2. The van der Waals surface area contributed by atoms with E-state index in [2.05, 4.69) is 0 Å². The van der Waals surface area contributed by atoms with Gasteiger partial charge in [-0.05, 0) is 102 Å². The zero-order chi connectivity index (χ0) is 37.3. The van der Waals surface area contributed by atoms with Crippen LogP contribution in [0.4, 0.5) is 0 Å². The summed E-state index contributed by atoms with van der Waals surface area (Å²) in [6.45, 7) is 11.7. The lowest BCUT2D eigenvalue weighted by Crippen LogP contribution is -2.32. The van der Waals surface area contributed by atoms with E-state index in [4.69, 9.17) is 18.9 Å². The Morgan fingerprint density at radius 3 is 1.65 bits per heavy atom. The molecule has 2 N–H and O–H groups in total. The molecule has 1 fully saturated rings. The van der Waals surface area contributed by atoms with Crippen molar-refractivity contribution < 1.29 is 48.3 Å². The van der Waals surface area contributed by atoms with Crippen LogP contribution in [0.5, 0.6) is 0 Å². The number of aliphatic hydroxyl groups excluding tert-OH is 2. The summed E-state index contributed by atoms with van der Waals surface area (Å²) >= 11 is 0. The molecule has 0 aliphatic carbocycles. The molecule has 4 atom stereocenters. The maximum atomic E-state index is 12.5. The Labute approximate surface area is 299 Å². The number of hydrogen-bond acceptors (Lipinski definition) is 10. The fourth-order valence-corrected chi connectivity index (χ4v) is 6.23. The molecule has 0 bridgehead atoms. The lowest BCUT2D eigenvalue weighted by atomic mass is 9.97. The minimum Gasteiger partial charge on any atom is -0.462 e. The van der Waals surface area contributed by atoms with Crippen molar-refractivity contribution in [3.63, 3.8) is 0 Å². The third-order valence-corrected chi connectivity index (χ3v) is 8.49. The summed E-state index contributed by atoms with van der Waals surface area (Å²) in [5, 5.41) is 19.7. The molecule has 2 unspecified atom stereocenters. The molecule has 3 heterocycles. The van der Waals surface area contributed by atoms with Crippen molar-refractivity contribution in [2.24, 2.45) is 0 Å². The molecule has 5 rings (SSSR count). The fourth-order valence-electron chi connectivity index (χ4n) is 6.23. The smallest absolute Gasteiger partial charge is 0.339 e. The normalized spacial score (nSPS) is 26.7. The maximum absolute atomic E-state index is 12.5. The molecule has 2 aromatic rings. The van der Waals surface area contributed by atoms with Gasteiger partial charge in [-0.15, -0.1) is 0 Å². The SMILES string of the molecule is Cc1cc(C)c2c(c1)/C=C/C[C@@H]1OC(C)(C)OC1C(=O)/C=C\CCOC2=O.Cc1cc(C)c2c(c1)/C=C/C[C@H](O)C(O)C(=O)/C=C\CCOC2=O. The first-order valence-electron chi connectivity index (χ1n) is 17.2. The molecular formula is C41H48O10. The Balaban J connectivity index is 0.000000230. The second kappa shape index (κ2) is 17.6. The van der Waals surface area contributed by atoms with E-state index in [-0.39, 0.29) is 37.5 Å². The van der Waals surface area contributed by atoms with Crippen LogP contribution in [0.3, 0.4) is 0 Å². The number of ether oxygens (including phenoxy) is 4. The number of benzene rings is 2. The largest absolute Gasteiger partial charge is 0.462 e. The highest BCUT2D eigenvalue weighted by Gasteiger charge is 2.43. The number of esters is 2. The second-order valence-electron chi connectivity index (χ2n) is 13.4. The van der Waals surface area contributed by atoms with Gasteiger partial charge in [-0.2, -0.15) is 0 Å². The van der Waals surface area contributed by atoms with Crippen LogP contribution in [-0.4, -0.2) is 77.1 Å². The number of rotatable bonds is 0. The minimum absolute atomic E-state index is 0.0994. The summed E-state index contributed by atoms with van der Waals surface area (Å²) < 4.78 is 22.4. The van der Waals surface area contributed by atoms with Crippen LogP contribution in [-0.2, 0) is 28.5 Å². The molecule has 10 heteroatoms. The third kappa shape index (κ3) is 10.8. The van der Waals surface area contributed by atoms with Crippen LogP contribution in [0.2, 0.25) is 0 Å². The standard InChI is InChI=1S/C22H26O5.C19H22O5/c1-14-12-15(2)19-16(13-14)8-7-10-18-20(27-22(3,4)26-18)17(23)9-5-6-11-25-21(19)24;1-12-10-13(2)17-14(11-12)6-5-8-16(21)18(22)15(20)7-3-4-9-24-19(17)23/h5,7-9,12-13,18,20H,6,10-11H2,1-4H3;3,5-7,10-11,16,18,21-22H,4,8-9H2,1-2H3/b8-7+,9-5-;6-5+,7-3-/t18-,20?;16-,18?/m00/s1. The van der Waals surface area contributed by atoms with E-state index in [0.717, 1.165) is 27.8 Å². The van der Waals surface area contributed by atoms with Gasteiger partial charge in [0.2, 0.25) is 0 Å². The van der Waals surface area contributed by atoms with Crippen molar-refractivity contribution in [3.8, 4) is 0 Å². The Bertz CT molecular complexity index is 1740. The maximum Gasteiger partial charge on any atom is 0.339 e. The predicted octanol–water partition coefficient (Wildman–Crippen LogP) is 6.03. The lowest BCUT2D eigenvalue weighted by Gasteiger charge is -2.16. The molecule has 272 valence electrons. The van der Waals surface area contributed by atoms with E-state index in [9.17, 15) is 29.4 Å². The highest BCUT2D eigenvalue weighted by molar-refractivity contribution is 5.97. The van der Waals surface area contributed by atoms with Gasteiger partial charge in [0.15, 0.2) is 17.4 Å². The van der Waals surface area contributed by atoms with E-state index in [0.29, 0.717) is 36.0 Å². The van der Waals surface area contributed by atoms with Crippen LogP contribution in [0.15, 0.2) is 60.7 Å². The number of carbonyl (C=O) groups excluding carboxylic acids is 4. The molecule has 1 saturated heterocycles. The van der Waals surface area contributed by atoms with Gasteiger partial charge >= 0.3 is 11.9 Å². The molecule has 0 radical (unpaired) electrons. The van der Waals surface area contributed by atoms with E-state index < -0.39 is 35.9 Å². The first-order valence-corrected chi connectivity index (χ1v) is 17.2. The van der Waals surface area contributed by atoms with Crippen molar-refractivity contribution in [2.45, 2.75) is 97.4 Å². The van der Waals surface area contributed by atoms with E-state index >= 15 is 0 Å². The average molecular weight is 701 g/mol. The Kier molecular flexibility index (Phi) is 13.6. The summed E-state index contributed by atoms with van der Waals surface area (Å²) in [5.74, 6) is -2.25. The molecule has 3 aliphatic rings. The molecule has 0 saturated carbocycles. The van der Waals surface area contributed by atoms with Gasteiger partial charge < -0.3 is 29.2 Å². The van der Waals surface area contributed by atoms with Crippen LogP contribution < -0.4 is 0 Å². The first kappa shape index (κ1) is 39.3. The lowest BCUT2D eigenvalue weighted by molar-refractivity contribution is -0.152. The Morgan fingerprint density at radius 2 is 1.12 bits per heavy atom. The summed E-state index contributed by atoms with van der Waals surface area (Å²) in [6, 6.07) is 7.71. The van der Waals surface area contributed by atoms with Gasteiger partial charge in [0.1, 0.15) is 12.2 Å². The molecule has 0 amide bonds. The minimum atomic E-state index is -1.46. The van der Waals surface area contributed by atoms with E-state index in [1.165, 1.54) is 18.2 Å². The predicted molar refractivity (Wildman–Crippen MR) is 193 cm³/mol. The molecule has 2 aromatic carbocycles. The third-order valence-electron chi connectivity index (χ3n) is 8.49. The summed E-state index contributed by atoms with van der Waals surface area (Å²) in [6.07, 6.45) is 10.9.